The zero-order valence-electron chi connectivity index (χ0n) is 23.4. The zero-order valence-corrected chi connectivity index (χ0v) is 24.1. The molecule has 3 fully saturated rings. The molecule has 12 heteroatoms. The Balaban J connectivity index is 1.26. The molecule has 2 aromatic carbocycles. The normalized spacial score (nSPS) is 19.1. The summed E-state index contributed by atoms with van der Waals surface area (Å²) < 4.78 is 19.6. The number of hydrogen-bond donors (Lipinski definition) is 2. The maximum Gasteiger partial charge on any atom is 0.247 e. The molecule has 3 aromatic rings. The van der Waals surface area contributed by atoms with E-state index in [1.54, 1.807) is 30.4 Å². The number of halogens is 2. The number of hydroxylamine groups is 1. The van der Waals surface area contributed by atoms with E-state index in [-0.39, 0.29) is 17.0 Å². The van der Waals surface area contributed by atoms with Gasteiger partial charge < -0.3 is 20.3 Å². The van der Waals surface area contributed by atoms with Crippen LogP contribution in [0.4, 0.5) is 33.1 Å². The highest BCUT2D eigenvalue weighted by Gasteiger charge is 2.32. The van der Waals surface area contributed by atoms with Crippen molar-refractivity contribution in [3.63, 3.8) is 0 Å². The third-order valence-electron chi connectivity index (χ3n) is 7.85. The highest BCUT2D eigenvalue weighted by Crippen LogP contribution is 2.40. The molecule has 2 aliphatic heterocycles. The summed E-state index contributed by atoms with van der Waals surface area (Å²) in [6.45, 7) is 7.76. The van der Waals surface area contributed by atoms with E-state index in [0.717, 1.165) is 43.5 Å². The van der Waals surface area contributed by atoms with E-state index < -0.39 is 5.82 Å². The average molecular weight is 594 g/mol. The van der Waals surface area contributed by atoms with Crippen molar-refractivity contribution in [2.75, 3.05) is 60.5 Å². The van der Waals surface area contributed by atoms with Gasteiger partial charge in [-0.05, 0) is 42.7 Å². The van der Waals surface area contributed by atoms with Crippen molar-refractivity contribution in [3.8, 4) is 5.75 Å². The Morgan fingerprint density at radius 2 is 1.93 bits per heavy atom. The molecule has 220 valence electrons. The van der Waals surface area contributed by atoms with Crippen LogP contribution in [0.5, 0.6) is 5.75 Å². The number of nitrogens with zero attached hydrogens (tertiary/aromatic N) is 5. The number of anilines is 5. The molecule has 3 heterocycles. The van der Waals surface area contributed by atoms with Gasteiger partial charge in [0, 0.05) is 50.8 Å². The molecular formula is C30H33ClFN7O3. The number of rotatable bonds is 9. The third-order valence-corrected chi connectivity index (χ3v) is 8.14. The summed E-state index contributed by atoms with van der Waals surface area (Å²) >= 11 is 6.05. The quantitative estimate of drug-likeness (QED) is 0.320. The Morgan fingerprint density at radius 1 is 1.12 bits per heavy atom. The van der Waals surface area contributed by atoms with Crippen LogP contribution in [0.25, 0.3) is 0 Å². The first-order chi connectivity index (χ1) is 20.4. The van der Waals surface area contributed by atoms with Crippen LogP contribution in [0.1, 0.15) is 30.9 Å². The number of piperazine rings is 1. The fraction of sp³-hybridized carbons (Fsp3) is 0.367. The molecule has 1 amide bonds. The summed E-state index contributed by atoms with van der Waals surface area (Å²) in [5.41, 5.74) is 2.97. The Morgan fingerprint density at radius 3 is 2.64 bits per heavy atom. The SMILES string of the molecule is C=CC(=O)Nc1cc(Nc2cc(N3OCC[C@@H]3c3ccc(F)c(Cl)c3)ncn2)c(OC)cc1N1CCN(C2CC2)CC1. The smallest absolute Gasteiger partial charge is 0.247 e. The van der Waals surface area contributed by atoms with E-state index in [4.69, 9.17) is 21.2 Å². The molecule has 2 saturated heterocycles. The lowest BCUT2D eigenvalue weighted by Crippen LogP contribution is -2.47. The second-order valence-electron chi connectivity index (χ2n) is 10.5. The van der Waals surface area contributed by atoms with Crippen LogP contribution in [-0.2, 0) is 9.63 Å². The number of benzene rings is 2. The number of amides is 1. The third kappa shape index (κ3) is 5.99. The van der Waals surface area contributed by atoms with Crippen molar-refractivity contribution < 1.29 is 18.8 Å². The maximum atomic E-state index is 13.8. The van der Waals surface area contributed by atoms with Crippen LogP contribution in [-0.4, -0.2) is 66.7 Å². The number of methoxy groups -OCH3 is 1. The molecule has 1 atom stereocenters. The molecule has 42 heavy (non-hydrogen) atoms. The first-order valence-corrected chi connectivity index (χ1v) is 14.4. The molecule has 1 aromatic heterocycles. The fourth-order valence-electron chi connectivity index (χ4n) is 5.54. The Kier molecular flexibility index (Phi) is 8.14. The fourth-order valence-corrected chi connectivity index (χ4v) is 5.73. The summed E-state index contributed by atoms with van der Waals surface area (Å²) in [5.74, 6) is 0.855. The monoisotopic (exact) mass is 593 g/mol. The van der Waals surface area contributed by atoms with Crippen molar-refractivity contribution in [3.05, 3.63) is 71.8 Å². The molecule has 0 bridgehead atoms. The molecule has 0 spiro atoms. The molecule has 1 saturated carbocycles. The van der Waals surface area contributed by atoms with Crippen molar-refractivity contribution in [2.45, 2.75) is 31.3 Å². The van der Waals surface area contributed by atoms with Crippen LogP contribution < -0.4 is 25.3 Å². The van der Waals surface area contributed by atoms with Gasteiger partial charge in [-0.25, -0.2) is 19.4 Å². The average Bonchev–Trinajstić information content (AvgIpc) is 3.74. The number of hydrogen-bond acceptors (Lipinski definition) is 9. The standard InChI is InChI=1S/C30H33ClFN7O3/c1-3-30(40)36-23-15-24(27(41-2)16-26(23)38-11-9-37(10-12-38)20-5-6-20)35-28-17-29(34-18-33-28)39-25(8-13-42-39)19-4-7-22(32)21(31)14-19/h3-4,7,14-18,20,25H,1,5-6,8-13H2,2H3,(H,36,40)(H,33,34,35)/t25-/m1/s1. The van der Waals surface area contributed by atoms with Gasteiger partial charge in [-0.1, -0.05) is 24.2 Å². The minimum absolute atomic E-state index is 0.0593. The minimum atomic E-state index is -0.469. The summed E-state index contributed by atoms with van der Waals surface area (Å²) in [5, 5.41) is 8.03. The van der Waals surface area contributed by atoms with E-state index >= 15 is 0 Å². The predicted octanol–water partition coefficient (Wildman–Crippen LogP) is 5.31. The first kappa shape index (κ1) is 28.2. The number of ether oxygens (including phenoxy) is 1. The van der Waals surface area contributed by atoms with E-state index in [1.165, 1.54) is 31.3 Å². The highest BCUT2D eigenvalue weighted by atomic mass is 35.5. The van der Waals surface area contributed by atoms with Gasteiger partial charge in [0.1, 0.15) is 23.7 Å². The predicted molar refractivity (Wildman–Crippen MR) is 161 cm³/mol. The summed E-state index contributed by atoms with van der Waals surface area (Å²) in [6.07, 6.45) is 5.94. The molecule has 1 aliphatic carbocycles. The summed E-state index contributed by atoms with van der Waals surface area (Å²) in [4.78, 5) is 31.9. The lowest BCUT2D eigenvalue weighted by Gasteiger charge is -2.37. The van der Waals surface area contributed by atoms with E-state index in [1.807, 2.05) is 12.1 Å². The highest BCUT2D eigenvalue weighted by molar-refractivity contribution is 6.30. The van der Waals surface area contributed by atoms with Gasteiger partial charge in [0.25, 0.3) is 0 Å². The van der Waals surface area contributed by atoms with Crippen molar-refractivity contribution >= 4 is 46.2 Å². The van der Waals surface area contributed by atoms with Crippen molar-refractivity contribution in [2.24, 2.45) is 0 Å². The van der Waals surface area contributed by atoms with E-state index in [2.05, 4.69) is 37.0 Å². The second-order valence-corrected chi connectivity index (χ2v) is 10.9. The molecule has 2 N–H and O–H groups in total. The molecular weight excluding hydrogens is 561 g/mol. The van der Waals surface area contributed by atoms with Crippen molar-refractivity contribution in [1.82, 2.24) is 14.9 Å². The van der Waals surface area contributed by atoms with Gasteiger partial charge in [-0.15, -0.1) is 0 Å². The second kappa shape index (κ2) is 12.1. The number of nitrogens with one attached hydrogen (secondary N) is 2. The molecule has 0 radical (unpaired) electrons. The Hall–Kier alpha value is -3.93. The first-order valence-electron chi connectivity index (χ1n) is 14.0. The zero-order chi connectivity index (χ0) is 29.2. The Bertz CT molecular complexity index is 1480. The summed E-state index contributed by atoms with van der Waals surface area (Å²) in [7, 11) is 1.61. The van der Waals surface area contributed by atoms with Gasteiger partial charge in [-0.3, -0.25) is 14.5 Å². The minimum Gasteiger partial charge on any atom is -0.494 e. The van der Waals surface area contributed by atoms with E-state index in [9.17, 15) is 9.18 Å². The molecule has 0 unspecified atom stereocenters. The maximum absolute atomic E-state index is 13.8. The van der Waals surface area contributed by atoms with Crippen LogP contribution >= 0.6 is 11.6 Å². The largest absolute Gasteiger partial charge is 0.494 e. The van der Waals surface area contributed by atoms with Crippen LogP contribution in [0.2, 0.25) is 5.02 Å². The molecule has 3 aliphatic rings. The van der Waals surface area contributed by atoms with Crippen LogP contribution in [0.3, 0.4) is 0 Å². The lowest BCUT2D eigenvalue weighted by atomic mass is 10.0. The topological polar surface area (TPSA) is 95.1 Å². The number of carbonyl (C=O) groups is 1. The number of carbonyl (C=O) groups excluding carboxylic acids is 1. The van der Waals surface area contributed by atoms with Crippen LogP contribution in [0, 0.1) is 5.82 Å². The van der Waals surface area contributed by atoms with E-state index in [0.29, 0.717) is 41.8 Å². The number of aromatic nitrogens is 2. The molecule has 10 nitrogen and oxygen atoms in total. The van der Waals surface area contributed by atoms with Gasteiger partial charge in [0.05, 0.1) is 41.8 Å². The van der Waals surface area contributed by atoms with Gasteiger partial charge in [0.2, 0.25) is 5.91 Å². The Labute approximate surface area is 249 Å². The van der Waals surface area contributed by atoms with Gasteiger partial charge in [0.15, 0.2) is 5.82 Å². The lowest BCUT2D eigenvalue weighted by molar-refractivity contribution is -0.111. The van der Waals surface area contributed by atoms with Crippen LogP contribution in [0.15, 0.2) is 55.4 Å². The van der Waals surface area contributed by atoms with Crippen molar-refractivity contribution in [1.29, 1.82) is 0 Å². The summed E-state index contributed by atoms with van der Waals surface area (Å²) in [6, 6.07) is 10.7. The molecule has 6 rings (SSSR count). The van der Waals surface area contributed by atoms with Gasteiger partial charge in [-0.2, -0.15) is 0 Å². The van der Waals surface area contributed by atoms with Gasteiger partial charge >= 0.3 is 0 Å².